The van der Waals surface area contributed by atoms with Crippen molar-refractivity contribution in [2.24, 2.45) is 0 Å². The number of carbonyl (C=O) groups is 1. The Morgan fingerprint density at radius 3 is 2.00 bits per heavy atom. The quantitative estimate of drug-likeness (QED) is 0.683. The fourth-order valence-electron chi connectivity index (χ4n) is 2.42. The third-order valence-electron chi connectivity index (χ3n) is 3.53. The second kappa shape index (κ2) is 10.3. The van der Waals surface area contributed by atoms with Gasteiger partial charge in [0.15, 0.2) is 11.5 Å². The van der Waals surface area contributed by atoms with Crippen LogP contribution in [0.5, 0.6) is 17.2 Å². The second-order valence-electron chi connectivity index (χ2n) is 5.53. The fraction of sp³-hybridized carbons (Fsp3) is 0.350. The van der Waals surface area contributed by atoms with E-state index in [1.807, 2.05) is 20.8 Å². The van der Waals surface area contributed by atoms with Crippen LogP contribution in [0.3, 0.4) is 0 Å². The lowest BCUT2D eigenvalue weighted by molar-refractivity contribution is 0.251. The Bertz CT molecular complexity index is 723. The monoisotopic (exact) mass is 376 g/mol. The number of halogens is 1. The molecule has 0 radical (unpaired) electrons. The number of urea groups is 1. The topological polar surface area (TPSA) is 68.8 Å². The number of hydrogen-bond donors (Lipinski definition) is 2. The van der Waals surface area contributed by atoms with Gasteiger partial charge in [0.1, 0.15) is 5.82 Å². The highest BCUT2D eigenvalue weighted by Gasteiger charge is 2.16. The molecule has 0 spiro atoms. The van der Waals surface area contributed by atoms with Gasteiger partial charge in [-0.15, -0.1) is 0 Å². The van der Waals surface area contributed by atoms with Crippen LogP contribution in [0.1, 0.15) is 26.3 Å². The number of carbonyl (C=O) groups excluding carboxylic acids is 1. The van der Waals surface area contributed by atoms with Gasteiger partial charge in [0.25, 0.3) is 0 Å². The van der Waals surface area contributed by atoms with E-state index in [1.54, 1.807) is 24.3 Å². The van der Waals surface area contributed by atoms with E-state index in [0.29, 0.717) is 42.8 Å². The zero-order chi connectivity index (χ0) is 19.6. The van der Waals surface area contributed by atoms with E-state index in [-0.39, 0.29) is 12.4 Å². The summed E-state index contributed by atoms with van der Waals surface area (Å²) in [6.45, 7) is 7.25. The Labute approximate surface area is 158 Å². The van der Waals surface area contributed by atoms with Crippen molar-refractivity contribution in [3.05, 3.63) is 47.8 Å². The molecule has 0 aromatic heterocycles. The first-order valence-electron chi connectivity index (χ1n) is 8.93. The lowest BCUT2D eigenvalue weighted by Gasteiger charge is -2.17. The molecular formula is C20H25FN2O4. The Morgan fingerprint density at radius 2 is 1.48 bits per heavy atom. The first-order chi connectivity index (χ1) is 13.1. The second-order valence-corrected chi connectivity index (χ2v) is 5.53. The molecule has 0 saturated carbocycles. The van der Waals surface area contributed by atoms with Crippen molar-refractivity contribution >= 4 is 11.7 Å². The Balaban J connectivity index is 2.11. The highest BCUT2D eigenvalue weighted by atomic mass is 19.1. The van der Waals surface area contributed by atoms with Crippen molar-refractivity contribution in [2.75, 3.05) is 25.1 Å². The lowest BCUT2D eigenvalue weighted by Crippen LogP contribution is -2.28. The lowest BCUT2D eigenvalue weighted by atomic mass is 10.2. The molecule has 146 valence electrons. The average Bonchev–Trinajstić information content (AvgIpc) is 2.64. The predicted molar refractivity (Wildman–Crippen MR) is 102 cm³/mol. The van der Waals surface area contributed by atoms with Crippen molar-refractivity contribution in [3.63, 3.8) is 0 Å². The summed E-state index contributed by atoms with van der Waals surface area (Å²) in [5.41, 5.74) is 1.31. The van der Waals surface area contributed by atoms with Crippen LogP contribution in [-0.4, -0.2) is 25.9 Å². The van der Waals surface area contributed by atoms with Gasteiger partial charge in [-0.3, -0.25) is 0 Å². The van der Waals surface area contributed by atoms with E-state index < -0.39 is 6.03 Å². The molecule has 0 unspecified atom stereocenters. The highest BCUT2D eigenvalue weighted by molar-refractivity contribution is 5.90. The summed E-state index contributed by atoms with van der Waals surface area (Å²) in [6.07, 6.45) is 0. The number of ether oxygens (including phenoxy) is 3. The molecule has 2 N–H and O–H groups in total. The van der Waals surface area contributed by atoms with E-state index in [1.165, 1.54) is 12.1 Å². The van der Waals surface area contributed by atoms with Gasteiger partial charge in [0.2, 0.25) is 5.75 Å². The first kappa shape index (κ1) is 20.4. The maximum atomic E-state index is 12.9. The van der Waals surface area contributed by atoms with Crippen molar-refractivity contribution in [3.8, 4) is 17.2 Å². The Hall–Kier alpha value is -2.96. The van der Waals surface area contributed by atoms with Gasteiger partial charge < -0.3 is 24.8 Å². The number of hydrogen-bond acceptors (Lipinski definition) is 4. The third kappa shape index (κ3) is 6.06. The third-order valence-corrected chi connectivity index (χ3v) is 3.53. The largest absolute Gasteiger partial charge is 0.490 e. The predicted octanol–water partition coefficient (Wildman–Crippen LogP) is 4.34. The summed E-state index contributed by atoms with van der Waals surface area (Å²) in [4.78, 5) is 12.2. The van der Waals surface area contributed by atoms with Gasteiger partial charge in [0, 0.05) is 18.7 Å². The SMILES string of the molecule is CCOc1cc(NC(=O)NCc2ccc(F)cc2)cc(OCC)c1OCC. The molecule has 0 heterocycles. The highest BCUT2D eigenvalue weighted by Crippen LogP contribution is 2.40. The number of nitrogens with one attached hydrogen (secondary N) is 2. The van der Waals surface area contributed by atoms with E-state index in [2.05, 4.69) is 10.6 Å². The van der Waals surface area contributed by atoms with Crippen LogP contribution in [0.4, 0.5) is 14.9 Å². The molecule has 0 fully saturated rings. The average molecular weight is 376 g/mol. The van der Waals surface area contributed by atoms with E-state index in [9.17, 15) is 9.18 Å². The zero-order valence-electron chi connectivity index (χ0n) is 15.8. The Morgan fingerprint density at radius 1 is 0.926 bits per heavy atom. The number of rotatable bonds is 9. The van der Waals surface area contributed by atoms with Crippen molar-refractivity contribution < 1.29 is 23.4 Å². The summed E-state index contributed by atoms with van der Waals surface area (Å²) >= 11 is 0. The first-order valence-corrected chi connectivity index (χ1v) is 8.93. The van der Waals surface area contributed by atoms with Crippen LogP contribution in [0.15, 0.2) is 36.4 Å². The van der Waals surface area contributed by atoms with E-state index in [4.69, 9.17) is 14.2 Å². The zero-order valence-corrected chi connectivity index (χ0v) is 15.8. The normalized spacial score (nSPS) is 10.2. The van der Waals surface area contributed by atoms with Gasteiger partial charge in [-0.25, -0.2) is 9.18 Å². The molecule has 6 nitrogen and oxygen atoms in total. The van der Waals surface area contributed by atoms with Crippen LogP contribution in [0.25, 0.3) is 0 Å². The standard InChI is InChI=1S/C20H25FN2O4/c1-4-25-17-11-16(12-18(26-5-2)19(17)27-6-3)23-20(24)22-13-14-7-9-15(21)10-8-14/h7-12H,4-6,13H2,1-3H3,(H2,22,23,24). The summed E-state index contributed by atoms with van der Waals surface area (Å²) < 4.78 is 29.8. The van der Waals surface area contributed by atoms with E-state index >= 15 is 0 Å². The fourth-order valence-corrected chi connectivity index (χ4v) is 2.42. The summed E-state index contributed by atoms with van der Waals surface area (Å²) in [7, 11) is 0. The summed E-state index contributed by atoms with van der Waals surface area (Å²) in [5.74, 6) is 1.20. The molecule has 0 aliphatic carbocycles. The molecule has 2 aromatic rings. The van der Waals surface area contributed by atoms with Gasteiger partial charge in [-0.2, -0.15) is 0 Å². The van der Waals surface area contributed by atoms with Crippen molar-refractivity contribution in [1.82, 2.24) is 5.32 Å². The molecular weight excluding hydrogens is 351 g/mol. The molecule has 2 aromatic carbocycles. The smallest absolute Gasteiger partial charge is 0.319 e. The van der Waals surface area contributed by atoms with Crippen molar-refractivity contribution in [1.29, 1.82) is 0 Å². The molecule has 0 bridgehead atoms. The van der Waals surface area contributed by atoms with Crippen molar-refractivity contribution in [2.45, 2.75) is 27.3 Å². The van der Waals surface area contributed by atoms with E-state index in [0.717, 1.165) is 5.56 Å². The minimum atomic E-state index is -0.395. The molecule has 2 amide bonds. The molecule has 0 aliphatic heterocycles. The van der Waals surface area contributed by atoms with Gasteiger partial charge >= 0.3 is 6.03 Å². The van der Waals surface area contributed by atoms with Gasteiger partial charge in [0.05, 0.1) is 25.5 Å². The van der Waals surface area contributed by atoms with Crippen LogP contribution in [0, 0.1) is 5.82 Å². The van der Waals surface area contributed by atoms with Crippen LogP contribution < -0.4 is 24.8 Å². The number of anilines is 1. The summed E-state index contributed by atoms with van der Waals surface area (Å²) in [5, 5.41) is 5.48. The maximum Gasteiger partial charge on any atom is 0.319 e. The minimum Gasteiger partial charge on any atom is -0.490 e. The molecule has 7 heteroatoms. The van der Waals surface area contributed by atoms with Gasteiger partial charge in [-0.05, 0) is 38.5 Å². The molecule has 0 atom stereocenters. The molecule has 0 saturated heterocycles. The van der Waals surface area contributed by atoms with Crippen LogP contribution in [-0.2, 0) is 6.54 Å². The van der Waals surface area contributed by atoms with Crippen LogP contribution >= 0.6 is 0 Å². The number of amides is 2. The summed E-state index contributed by atoms with van der Waals surface area (Å²) in [6, 6.07) is 8.92. The number of benzene rings is 2. The minimum absolute atomic E-state index is 0.278. The Kier molecular flexibility index (Phi) is 7.73. The molecule has 2 rings (SSSR count). The van der Waals surface area contributed by atoms with Gasteiger partial charge in [-0.1, -0.05) is 12.1 Å². The molecule has 0 aliphatic rings. The van der Waals surface area contributed by atoms with Crippen LogP contribution in [0.2, 0.25) is 0 Å². The maximum absolute atomic E-state index is 12.9. The molecule has 27 heavy (non-hydrogen) atoms.